The van der Waals surface area contributed by atoms with Gasteiger partial charge in [-0.15, -0.1) is 0 Å². The van der Waals surface area contributed by atoms with E-state index in [1.807, 2.05) is 0 Å². The van der Waals surface area contributed by atoms with Gasteiger partial charge in [-0.3, -0.25) is 0 Å². The maximum atomic E-state index is 3.64. The van der Waals surface area contributed by atoms with Gasteiger partial charge in [0.05, 0.1) is 0 Å². The van der Waals surface area contributed by atoms with Gasteiger partial charge >= 0.3 is 0 Å². The van der Waals surface area contributed by atoms with Crippen LogP contribution in [0, 0.1) is 0 Å². The fraction of sp³-hybridized carbons (Fsp3) is 0.333. The van der Waals surface area contributed by atoms with E-state index >= 15 is 0 Å². The SMILES string of the molecule is CCC(NCc1ccc(N(C)C)cc1)c1cccc(Br)c1. The Morgan fingerprint density at radius 1 is 1.10 bits per heavy atom. The second-order valence-corrected chi connectivity index (χ2v) is 6.37. The molecule has 0 aromatic heterocycles. The van der Waals surface area contributed by atoms with Gasteiger partial charge in [0.25, 0.3) is 0 Å². The Balaban J connectivity index is 2.00. The number of benzene rings is 2. The monoisotopic (exact) mass is 346 g/mol. The van der Waals surface area contributed by atoms with Gasteiger partial charge in [-0.05, 0) is 41.8 Å². The van der Waals surface area contributed by atoms with Crippen molar-refractivity contribution in [2.75, 3.05) is 19.0 Å². The van der Waals surface area contributed by atoms with Gasteiger partial charge in [-0.1, -0.05) is 47.1 Å². The lowest BCUT2D eigenvalue weighted by Gasteiger charge is -2.18. The predicted octanol–water partition coefficient (Wildman–Crippen LogP) is 4.76. The number of nitrogens with zero attached hydrogens (tertiary/aromatic N) is 1. The quantitative estimate of drug-likeness (QED) is 0.811. The third-order valence-corrected chi connectivity index (χ3v) is 4.16. The molecule has 3 heteroatoms. The lowest BCUT2D eigenvalue weighted by Crippen LogP contribution is -2.20. The number of halogens is 1. The first-order valence-corrected chi connectivity index (χ1v) is 8.14. The fourth-order valence-corrected chi connectivity index (χ4v) is 2.79. The largest absolute Gasteiger partial charge is 0.378 e. The molecular weight excluding hydrogens is 324 g/mol. The summed E-state index contributed by atoms with van der Waals surface area (Å²) < 4.78 is 1.13. The summed E-state index contributed by atoms with van der Waals surface area (Å²) in [4.78, 5) is 2.12. The molecule has 1 unspecified atom stereocenters. The van der Waals surface area contributed by atoms with Gasteiger partial charge in [-0.2, -0.15) is 0 Å². The molecule has 0 heterocycles. The van der Waals surface area contributed by atoms with Crippen molar-refractivity contribution in [3.63, 3.8) is 0 Å². The standard InChI is InChI=1S/C18H23BrN2/c1-4-18(15-6-5-7-16(19)12-15)20-13-14-8-10-17(11-9-14)21(2)3/h5-12,18,20H,4,13H2,1-3H3. The van der Waals surface area contributed by atoms with Crippen molar-refractivity contribution in [1.82, 2.24) is 5.32 Å². The average Bonchev–Trinajstić information content (AvgIpc) is 2.48. The number of rotatable bonds is 6. The predicted molar refractivity (Wildman–Crippen MR) is 94.8 cm³/mol. The highest BCUT2D eigenvalue weighted by atomic mass is 79.9. The maximum absolute atomic E-state index is 3.64. The van der Waals surface area contributed by atoms with Gasteiger partial charge < -0.3 is 10.2 Å². The van der Waals surface area contributed by atoms with E-state index in [0.29, 0.717) is 6.04 Å². The molecule has 1 atom stereocenters. The molecule has 1 N–H and O–H groups in total. The Morgan fingerprint density at radius 2 is 1.81 bits per heavy atom. The highest BCUT2D eigenvalue weighted by Crippen LogP contribution is 2.21. The Kier molecular flexibility index (Phi) is 5.83. The molecule has 2 aromatic carbocycles. The summed E-state index contributed by atoms with van der Waals surface area (Å²) in [7, 11) is 4.13. The van der Waals surface area contributed by atoms with Crippen LogP contribution in [0.25, 0.3) is 0 Å². The number of hydrogen-bond acceptors (Lipinski definition) is 2. The van der Waals surface area contributed by atoms with Crippen molar-refractivity contribution in [2.24, 2.45) is 0 Å². The minimum absolute atomic E-state index is 0.385. The van der Waals surface area contributed by atoms with E-state index in [9.17, 15) is 0 Å². The zero-order valence-corrected chi connectivity index (χ0v) is 14.5. The molecule has 0 aliphatic heterocycles. The smallest absolute Gasteiger partial charge is 0.0361 e. The van der Waals surface area contributed by atoms with Gasteiger partial charge in [0.2, 0.25) is 0 Å². The highest BCUT2D eigenvalue weighted by Gasteiger charge is 2.09. The summed E-state index contributed by atoms with van der Waals surface area (Å²) in [6.45, 7) is 3.10. The van der Waals surface area contributed by atoms with Crippen molar-refractivity contribution in [2.45, 2.75) is 25.9 Å². The molecule has 0 aliphatic rings. The third kappa shape index (κ3) is 4.58. The summed E-state index contributed by atoms with van der Waals surface area (Å²) in [5, 5.41) is 3.64. The lowest BCUT2D eigenvalue weighted by molar-refractivity contribution is 0.519. The van der Waals surface area contributed by atoms with Crippen LogP contribution in [-0.2, 0) is 6.54 Å². The molecule has 0 aliphatic carbocycles. The zero-order chi connectivity index (χ0) is 15.2. The highest BCUT2D eigenvalue weighted by molar-refractivity contribution is 9.10. The minimum Gasteiger partial charge on any atom is -0.378 e. The topological polar surface area (TPSA) is 15.3 Å². The molecule has 21 heavy (non-hydrogen) atoms. The molecule has 0 bridgehead atoms. The Hall–Kier alpha value is -1.32. The summed E-state index contributed by atoms with van der Waals surface area (Å²) in [6, 6.07) is 17.6. The Labute approximate surface area is 136 Å². The van der Waals surface area contributed by atoms with Crippen LogP contribution in [0.5, 0.6) is 0 Å². The number of anilines is 1. The molecule has 0 amide bonds. The van der Waals surface area contributed by atoms with E-state index < -0.39 is 0 Å². The van der Waals surface area contributed by atoms with Crippen molar-refractivity contribution in [3.8, 4) is 0 Å². The molecule has 0 spiro atoms. The van der Waals surface area contributed by atoms with Crippen LogP contribution in [0.3, 0.4) is 0 Å². The first-order valence-electron chi connectivity index (χ1n) is 7.35. The van der Waals surface area contributed by atoms with Crippen LogP contribution < -0.4 is 10.2 Å². The molecular formula is C18H23BrN2. The number of hydrogen-bond donors (Lipinski definition) is 1. The second kappa shape index (κ2) is 7.62. The van der Waals surface area contributed by atoms with Crippen molar-refractivity contribution >= 4 is 21.6 Å². The molecule has 2 rings (SSSR count). The minimum atomic E-state index is 0.385. The number of nitrogens with one attached hydrogen (secondary N) is 1. The van der Waals surface area contributed by atoms with Crippen LogP contribution in [-0.4, -0.2) is 14.1 Å². The lowest BCUT2D eigenvalue weighted by atomic mass is 10.0. The van der Waals surface area contributed by atoms with E-state index in [0.717, 1.165) is 17.4 Å². The molecule has 0 radical (unpaired) electrons. The molecule has 2 aromatic rings. The first kappa shape index (κ1) is 16.1. The third-order valence-electron chi connectivity index (χ3n) is 3.66. The van der Waals surface area contributed by atoms with Crippen LogP contribution in [0.15, 0.2) is 53.0 Å². The maximum Gasteiger partial charge on any atom is 0.0361 e. The van der Waals surface area contributed by atoms with Gasteiger partial charge in [-0.25, -0.2) is 0 Å². The molecule has 0 saturated heterocycles. The van der Waals surface area contributed by atoms with Crippen LogP contribution in [0.4, 0.5) is 5.69 Å². The van der Waals surface area contributed by atoms with E-state index in [1.165, 1.54) is 16.8 Å². The molecule has 2 nitrogen and oxygen atoms in total. The Morgan fingerprint density at radius 3 is 2.38 bits per heavy atom. The van der Waals surface area contributed by atoms with Gasteiger partial charge in [0, 0.05) is 36.8 Å². The average molecular weight is 347 g/mol. The summed E-state index contributed by atoms with van der Waals surface area (Å²) in [6.07, 6.45) is 1.08. The molecule has 112 valence electrons. The van der Waals surface area contributed by atoms with Crippen molar-refractivity contribution < 1.29 is 0 Å². The van der Waals surface area contributed by atoms with Crippen LogP contribution in [0.1, 0.15) is 30.5 Å². The normalized spacial score (nSPS) is 12.2. The second-order valence-electron chi connectivity index (χ2n) is 5.46. The zero-order valence-electron chi connectivity index (χ0n) is 12.9. The van der Waals surface area contributed by atoms with Crippen molar-refractivity contribution in [1.29, 1.82) is 0 Å². The molecule has 0 fully saturated rings. The summed E-state index contributed by atoms with van der Waals surface area (Å²) in [5.74, 6) is 0. The fourth-order valence-electron chi connectivity index (χ4n) is 2.37. The summed E-state index contributed by atoms with van der Waals surface area (Å²) >= 11 is 3.54. The summed E-state index contributed by atoms with van der Waals surface area (Å²) in [5.41, 5.74) is 3.88. The Bertz CT molecular complexity index is 564. The van der Waals surface area contributed by atoms with Crippen LogP contribution >= 0.6 is 15.9 Å². The van der Waals surface area contributed by atoms with E-state index in [1.54, 1.807) is 0 Å². The van der Waals surface area contributed by atoms with Crippen LogP contribution in [0.2, 0.25) is 0 Å². The van der Waals surface area contributed by atoms with E-state index in [4.69, 9.17) is 0 Å². The van der Waals surface area contributed by atoms with E-state index in [2.05, 4.69) is 95.7 Å². The van der Waals surface area contributed by atoms with E-state index in [-0.39, 0.29) is 0 Å². The molecule has 0 saturated carbocycles. The van der Waals surface area contributed by atoms with Gasteiger partial charge in [0.15, 0.2) is 0 Å². The van der Waals surface area contributed by atoms with Crippen molar-refractivity contribution in [3.05, 3.63) is 64.1 Å². The van der Waals surface area contributed by atoms with Gasteiger partial charge in [0.1, 0.15) is 0 Å². The first-order chi connectivity index (χ1) is 10.1.